The quantitative estimate of drug-likeness (QED) is 0.0169. The van der Waals surface area contributed by atoms with Gasteiger partial charge in [-0.05, 0) is 103 Å². The van der Waals surface area contributed by atoms with E-state index in [1.165, 1.54) is 180 Å². The van der Waals surface area contributed by atoms with Crippen LogP contribution in [-0.4, -0.2) is 96.7 Å². The van der Waals surface area contributed by atoms with E-state index in [1.54, 1.807) is 0 Å². The molecule has 0 aliphatic rings. The summed E-state index contributed by atoms with van der Waals surface area (Å²) < 4.78 is 68.7. The van der Waals surface area contributed by atoms with Gasteiger partial charge < -0.3 is 33.8 Å². The van der Waals surface area contributed by atoms with Gasteiger partial charge >= 0.3 is 39.5 Å². The van der Waals surface area contributed by atoms with Gasteiger partial charge in [0, 0.05) is 25.7 Å². The molecule has 19 heteroatoms. The molecule has 0 aliphatic carbocycles. The Hall–Kier alpha value is -4.02. The normalized spacial score (nSPS) is 14.3. The average molecular weight is 1530 g/mol. The van der Waals surface area contributed by atoms with Gasteiger partial charge in [-0.15, -0.1) is 0 Å². The number of hydrogen-bond donors (Lipinski definition) is 3. The monoisotopic (exact) mass is 1530 g/mol. The van der Waals surface area contributed by atoms with E-state index < -0.39 is 97.5 Å². The molecule has 0 aromatic heterocycles. The van der Waals surface area contributed by atoms with Gasteiger partial charge in [0.25, 0.3) is 0 Å². The van der Waals surface area contributed by atoms with Crippen LogP contribution < -0.4 is 0 Å². The number of hydrogen-bond acceptors (Lipinski definition) is 15. The van der Waals surface area contributed by atoms with E-state index in [4.69, 9.17) is 37.0 Å². The molecular formula is C87H154O17P2. The molecule has 106 heavy (non-hydrogen) atoms. The van der Waals surface area contributed by atoms with Gasteiger partial charge in [0.1, 0.15) is 19.3 Å². The Morgan fingerprint density at radius 2 is 0.472 bits per heavy atom. The third kappa shape index (κ3) is 78.1. The van der Waals surface area contributed by atoms with Crippen LogP contribution in [0, 0.1) is 0 Å². The van der Waals surface area contributed by atoms with Crippen LogP contribution in [0.4, 0.5) is 0 Å². The molecule has 0 aromatic carbocycles. The van der Waals surface area contributed by atoms with Crippen LogP contribution in [0.3, 0.4) is 0 Å². The minimum absolute atomic E-state index is 0.0862. The summed E-state index contributed by atoms with van der Waals surface area (Å²) in [5.74, 6) is -2.28. The summed E-state index contributed by atoms with van der Waals surface area (Å²) in [4.78, 5) is 73.1. The van der Waals surface area contributed by atoms with Crippen molar-refractivity contribution in [1.29, 1.82) is 0 Å². The predicted octanol–water partition coefficient (Wildman–Crippen LogP) is 25.1. The Labute approximate surface area is 646 Å². The van der Waals surface area contributed by atoms with Gasteiger partial charge in [0.15, 0.2) is 12.2 Å². The number of carbonyl (C=O) groups is 4. The van der Waals surface area contributed by atoms with Crippen LogP contribution >= 0.6 is 15.6 Å². The number of allylic oxidation sites excluding steroid dienone is 16. The molecule has 0 heterocycles. The molecule has 17 nitrogen and oxygen atoms in total. The molecule has 0 aromatic rings. The highest BCUT2D eigenvalue weighted by molar-refractivity contribution is 7.47. The summed E-state index contributed by atoms with van der Waals surface area (Å²) >= 11 is 0. The summed E-state index contributed by atoms with van der Waals surface area (Å²) in [6.45, 7) is 4.78. The largest absolute Gasteiger partial charge is 0.472 e. The Balaban J connectivity index is 5.43. The lowest BCUT2D eigenvalue weighted by atomic mass is 10.0. The van der Waals surface area contributed by atoms with Gasteiger partial charge in [0.2, 0.25) is 0 Å². The van der Waals surface area contributed by atoms with E-state index in [0.29, 0.717) is 38.5 Å². The number of aliphatic hydroxyl groups excluding tert-OH is 1. The molecule has 3 N–H and O–H groups in total. The van der Waals surface area contributed by atoms with Crippen LogP contribution in [0.5, 0.6) is 0 Å². The van der Waals surface area contributed by atoms with Crippen LogP contribution in [0.1, 0.15) is 374 Å². The maximum Gasteiger partial charge on any atom is 0.472 e. The van der Waals surface area contributed by atoms with Gasteiger partial charge in [-0.3, -0.25) is 37.3 Å². The molecule has 614 valence electrons. The number of phosphoric acid groups is 2. The molecule has 0 spiro atoms. The first kappa shape index (κ1) is 102. The minimum Gasteiger partial charge on any atom is -0.462 e. The zero-order valence-corrected chi connectivity index (χ0v) is 69.1. The van der Waals surface area contributed by atoms with Crippen molar-refractivity contribution in [2.75, 3.05) is 39.6 Å². The number of aliphatic hydroxyl groups is 1. The predicted molar refractivity (Wildman–Crippen MR) is 436 cm³/mol. The van der Waals surface area contributed by atoms with Gasteiger partial charge in [-0.2, -0.15) is 0 Å². The smallest absolute Gasteiger partial charge is 0.462 e. The number of carbonyl (C=O) groups excluding carboxylic acids is 4. The molecule has 0 amide bonds. The molecule has 2 unspecified atom stereocenters. The zero-order valence-electron chi connectivity index (χ0n) is 67.3. The third-order valence-corrected chi connectivity index (χ3v) is 20.0. The SMILES string of the molecule is CCCCC/C=C\C/C=C\C/C=C\C/C=C\CCCC(=O)OC[C@H](COP(=O)(O)OC[C@H](O)COP(=O)(O)OC[C@@H](COC(=O)CCC/C=C\C/C=C\C/C=C\C/C=C\CCCCC)OC(=O)CCCCCCCCCCCCCCCCCCC)OC(=O)CCCCCCCCCCCCCCCCC. The Bertz CT molecular complexity index is 2380. The van der Waals surface area contributed by atoms with Crippen molar-refractivity contribution in [2.45, 2.75) is 393 Å². The van der Waals surface area contributed by atoms with E-state index in [0.717, 1.165) is 103 Å². The average Bonchev–Trinajstić information content (AvgIpc) is 0.901. The number of rotatable bonds is 80. The van der Waals surface area contributed by atoms with Crippen LogP contribution in [0.25, 0.3) is 0 Å². The standard InChI is InChI=1S/C87H154O17P2/c1-5-9-13-17-21-25-29-33-37-40-44-47-51-55-59-63-67-71-84(89)97-77-82(103-86(91)73-69-65-61-57-53-49-43-36-32-28-24-20-16-12-8-4)79-101-105(93,94)99-75-81(88)76-100-106(95,96)102-80-83(104-87(92)74-70-66-62-58-54-50-46-42-39-35-31-27-23-19-15-11-7-3)78-98-85(90)72-68-64-60-56-52-48-45-41-38-34-30-26-22-18-14-10-6-2/h21-22,25-26,33-34,37-38,44-45,47-48,55-56,59-60,81-83,88H,5-20,23-24,27-32,35-36,39-43,46,49-54,57-58,61-80H2,1-4H3,(H,93,94)(H,95,96)/b25-21-,26-22-,37-33-,38-34-,47-44-,48-45-,59-55-,60-56-/t81-,82+,83+/m0/s1. The maximum absolute atomic E-state index is 13.1. The summed E-state index contributed by atoms with van der Waals surface area (Å²) in [6.07, 6.45) is 85.3. The molecule has 0 saturated carbocycles. The van der Waals surface area contributed by atoms with Gasteiger partial charge in [-0.1, -0.05) is 343 Å². The maximum atomic E-state index is 13.1. The van der Waals surface area contributed by atoms with Crippen molar-refractivity contribution < 1.29 is 80.2 Å². The second-order valence-electron chi connectivity index (χ2n) is 28.4. The fourth-order valence-corrected chi connectivity index (χ4v) is 13.1. The second-order valence-corrected chi connectivity index (χ2v) is 31.3. The van der Waals surface area contributed by atoms with E-state index >= 15 is 0 Å². The number of ether oxygens (including phenoxy) is 4. The van der Waals surface area contributed by atoms with Crippen molar-refractivity contribution in [3.05, 3.63) is 97.2 Å². The summed E-state index contributed by atoms with van der Waals surface area (Å²) in [5.41, 5.74) is 0. The van der Waals surface area contributed by atoms with E-state index in [-0.39, 0.29) is 25.7 Å². The van der Waals surface area contributed by atoms with Gasteiger partial charge in [-0.25, -0.2) is 9.13 Å². The highest BCUT2D eigenvalue weighted by atomic mass is 31.2. The van der Waals surface area contributed by atoms with Crippen molar-refractivity contribution in [3.63, 3.8) is 0 Å². The first-order chi connectivity index (χ1) is 51.7. The van der Waals surface area contributed by atoms with Gasteiger partial charge in [0.05, 0.1) is 26.4 Å². The van der Waals surface area contributed by atoms with E-state index in [1.807, 2.05) is 24.3 Å². The zero-order chi connectivity index (χ0) is 77.4. The van der Waals surface area contributed by atoms with Crippen LogP contribution in [0.2, 0.25) is 0 Å². The Kier molecular flexibility index (Phi) is 76.1. The van der Waals surface area contributed by atoms with Crippen molar-refractivity contribution in [3.8, 4) is 0 Å². The van der Waals surface area contributed by atoms with E-state index in [9.17, 15) is 43.2 Å². The topological polar surface area (TPSA) is 237 Å². The first-order valence-electron chi connectivity index (χ1n) is 42.5. The highest BCUT2D eigenvalue weighted by Gasteiger charge is 2.30. The molecule has 0 saturated heterocycles. The summed E-state index contributed by atoms with van der Waals surface area (Å²) in [5, 5.41) is 10.7. The number of phosphoric ester groups is 2. The van der Waals surface area contributed by atoms with Crippen molar-refractivity contribution in [1.82, 2.24) is 0 Å². The highest BCUT2D eigenvalue weighted by Crippen LogP contribution is 2.45. The lowest BCUT2D eigenvalue weighted by Crippen LogP contribution is -2.30. The van der Waals surface area contributed by atoms with Crippen LogP contribution in [-0.2, 0) is 65.4 Å². The Morgan fingerprint density at radius 1 is 0.264 bits per heavy atom. The molecular weight excluding hydrogens is 1380 g/mol. The minimum atomic E-state index is -4.99. The molecule has 5 atom stereocenters. The molecule has 0 rings (SSSR count). The molecule has 0 bridgehead atoms. The third-order valence-electron chi connectivity index (χ3n) is 18.1. The van der Waals surface area contributed by atoms with E-state index in [2.05, 4.69) is 101 Å². The molecule has 0 aliphatic heterocycles. The van der Waals surface area contributed by atoms with Crippen molar-refractivity contribution in [2.24, 2.45) is 0 Å². The Morgan fingerprint density at radius 3 is 0.736 bits per heavy atom. The molecule has 0 radical (unpaired) electrons. The number of esters is 4. The second kappa shape index (κ2) is 79.1. The lowest BCUT2D eigenvalue weighted by Gasteiger charge is -2.21. The fraction of sp³-hybridized carbons (Fsp3) is 0.770. The van der Waals surface area contributed by atoms with Crippen LogP contribution in [0.15, 0.2) is 97.2 Å². The lowest BCUT2D eigenvalue weighted by molar-refractivity contribution is -0.161. The van der Waals surface area contributed by atoms with Crippen molar-refractivity contribution >= 4 is 39.5 Å². The fourth-order valence-electron chi connectivity index (χ4n) is 11.6. The summed E-state index contributed by atoms with van der Waals surface area (Å²) in [7, 11) is -9.98. The number of unbranched alkanes of at least 4 members (excludes halogenated alkanes) is 38. The summed E-state index contributed by atoms with van der Waals surface area (Å²) in [6, 6.07) is 0. The first-order valence-corrected chi connectivity index (χ1v) is 45.5. The molecule has 0 fully saturated rings.